The molecule has 0 aliphatic rings. The third-order valence-electron chi connectivity index (χ3n) is 3.10. The van der Waals surface area contributed by atoms with E-state index in [0.717, 1.165) is 11.5 Å². The predicted octanol–water partition coefficient (Wildman–Crippen LogP) is 2.65. The van der Waals surface area contributed by atoms with Crippen LogP contribution < -0.4 is 11.1 Å². The molecule has 0 aliphatic carbocycles. The van der Waals surface area contributed by atoms with Gasteiger partial charge in [0.05, 0.1) is 0 Å². The Morgan fingerprint density at radius 1 is 1.23 bits per heavy atom. The number of aryl methyl sites for hydroxylation is 2. The van der Waals surface area contributed by atoms with E-state index in [2.05, 4.69) is 52.3 Å². The van der Waals surface area contributed by atoms with Crippen molar-refractivity contribution in [3.8, 4) is 0 Å². The molecule has 4 N–H and O–H groups in total. The first-order valence-corrected chi connectivity index (χ1v) is 7.31. The highest BCUT2D eigenvalue weighted by molar-refractivity contribution is 5.92. The highest BCUT2D eigenvalue weighted by atomic mass is 15.2. The van der Waals surface area contributed by atoms with Gasteiger partial charge >= 0.3 is 0 Å². The molecule has 2 rings (SSSR count). The molecule has 2 aromatic rings. The predicted molar refractivity (Wildman–Crippen MR) is 89.9 cm³/mol. The molecule has 118 valence electrons. The van der Waals surface area contributed by atoms with Crippen LogP contribution >= 0.6 is 0 Å². The smallest absolute Gasteiger partial charge is 0.193 e. The van der Waals surface area contributed by atoms with Gasteiger partial charge in [-0.15, -0.1) is 0 Å². The number of rotatable bonds is 3. The number of aromatic amines is 1. The summed E-state index contributed by atoms with van der Waals surface area (Å²) in [6.45, 7) is 10.7. The summed E-state index contributed by atoms with van der Waals surface area (Å²) in [5, 5.41) is 10.2. The van der Waals surface area contributed by atoms with Crippen LogP contribution in [0, 0.1) is 13.8 Å². The van der Waals surface area contributed by atoms with Gasteiger partial charge in [0.1, 0.15) is 12.4 Å². The zero-order valence-corrected chi connectivity index (χ0v) is 13.9. The van der Waals surface area contributed by atoms with Crippen LogP contribution in [0.1, 0.15) is 43.5 Å². The summed E-state index contributed by atoms with van der Waals surface area (Å²) in [5.41, 5.74) is 9.14. The number of anilines is 1. The number of benzene rings is 1. The van der Waals surface area contributed by atoms with E-state index in [-0.39, 0.29) is 5.41 Å². The minimum atomic E-state index is -0.0820. The number of aromatic nitrogens is 3. The molecule has 0 saturated carbocycles. The average molecular weight is 300 g/mol. The van der Waals surface area contributed by atoms with Gasteiger partial charge in [-0.1, -0.05) is 26.8 Å². The number of H-pyrrole nitrogens is 1. The van der Waals surface area contributed by atoms with Gasteiger partial charge in [-0.3, -0.25) is 5.10 Å². The number of nitrogens with zero attached hydrogens (tertiary/aromatic N) is 3. The Kier molecular flexibility index (Phi) is 4.49. The van der Waals surface area contributed by atoms with Crippen LogP contribution in [0.3, 0.4) is 0 Å². The van der Waals surface area contributed by atoms with Gasteiger partial charge in [0.15, 0.2) is 11.8 Å². The Bertz CT molecular complexity index is 658. The number of hydrogen-bond acceptors (Lipinski definition) is 3. The Morgan fingerprint density at radius 3 is 2.41 bits per heavy atom. The number of hydrogen-bond donors (Lipinski definition) is 3. The van der Waals surface area contributed by atoms with E-state index in [4.69, 9.17) is 5.73 Å². The summed E-state index contributed by atoms with van der Waals surface area (Å²) in [5.74, 6) is 1.84. The van der Waals surface area contributed by atoms with Crippen molar-refractivity contribution in [3.05, 3.63) is 41.0 Å². The number of nitrogens with two attached hydrogens (primary N) is 1. The maximum absolute atomic E-state index is 5.92. The second kappa shape index (κ2) is 6.17. The molecule has 0 amide bonds. The van der Waals surface area contributed by atoms with Crippen LogP contribution in [-0.4, -0.2) is 21.1 Å². The molecule has 1 aromatic carbocycles. The fourth-order valence-corrected chi connectivity index (χ4v) is 2.10. The van der Waals surface area contributed by atoms with Crippen molar-refractivity contribution in [3.63, 3.8) is 0 Å². The molecule has 0 spiro atoms. The lowest BCUT2D eigenvalue weighted by molar-refractivity contribution is 0.547. The van der Waals surface area contributed by atoms with E-state index in [0.29, 0.717) is 18.3 Å². The van der Waals surface area contributed by atoms with Crippen molar-refractivity contribution in [1.29, 1.82) is 0 Å². The van der Waals surface area contributed by atoms with Crippen LogP contribution in [0.4, 0.5) is 5.69 Å². The Hall–Kier alpha value is -2.37. The second-order valence-electron chi connectivity index (χ2n) is 6.56. The van der Waals surface area contributed by atoms with Crippen LogP contribution in [0.15, 0.2) is 23.2 Å². The molecule has 22 heavy (non-hydrogen) atoms. The van der Waals surface area contributed by atoms with Gasteiger partial charge in [0.2, 0.25) is 0 Å². The summed E-state index contributed by atoms with van der Waals surface area (Å²) in [4.78, 5) is 8.73. The molecule has 0 bridgehead atoms. The summed E-state index contributed by atoms with van der Waals surface area (Å²) in [7, 11) is 0. The largest absolute Gasteiger partial charge is 0.370 e. The Labute approximate surface area is 131 Å². The number of nitrogens with one attached hydrogen (secondary N) is 2. The molecule has 1 heterocycles. The molecule has 0 fully saturated rings. The first-order chi connectivity index (χ1) is 10.2. The number of guanidine groups is 1. The molecule has 6 heteroatoms. The molecule has 0 saturated heterocycles. The highest BCUT2D eigenvalue weighted by Gasteiger charge is 2.19. The highest BCUT2D eigenvalue weighted by Crippen LogP contribution is 2.17. The maximum atomic E-state index is 5.92. The summed E-state index contributed by atoms with van der Waals surface area (Å²) < 4.78 is 0. The topological polar surface area (TPSA) is 92.0 Å². The minimum Gasteiger partial charge on any atom is -0.370 e. The van der Waals surface area contributed by atoms with Gasteiger partial charge in [0, 0.05) is 11.1 Å². The lowest BCUT2D eigenvalue weighted by Crippen LogP contribution is -2.22. The molecular formula is C16H24N6. The fraction of sp³-hybridized carbons (Fsp3) is 0.438. The van der Waals surface area contributed by atoms with Crippen LogP contribution in [0.5, 0.6) is 0 Å². The molecule has 0 unspecified atom stereocenters. The van der Waals surface area contributed by atoms with Crippen molar-refractivity contribution in [2.75, 3.05) is 5.32 Å². The van der Waals surface area contributed by atoms with E-state index in [1.54, 1.807) is 0 Å². The van der Waals surface area contributed by atoms with Gasteiger partial charge < -0.3 is 11.1 Å². The second-order valence-corrected chi connectivity index (χ2v) is 6.56. The SMILES string of the molecule is Cc1cc(C)cc(NC(N)=NCc2nc(C(C)(C)C)n[nH]2)c1. The van der Waals surface area contributed by atoms with Crippen molar-refractivity contribution >= 4 is 11.6 Å². The Balaban J connectivity index is 2.02. The maximum Gasteiger partial charge on any atom is 0.193 e. The van der Waals surface area contributed by atoms with Crippen LogP contribution in [-0.2, 0) is 12.0 Å². The standard InChI is InChI=1S/C16H24N6/c1-10-6-11(2)8-12(7-10)19-15(17)18-9-13-20-14(22-21-13)16(3,4)5/h6-8H,9H2,1-5H3,(H3,17,18,19)(H,20,21,22). The first kappa shape index (κ1) is 16.0. The van der Waals surface area contributed by atoms with E-state index < -0.39 is 0 Å². The van der Waals surface area contributed by atoms with E-state index >= 15 is 0 Å². The average Bonchev–Trinajstić information content (AvgIpc) is 2.83. The van der Waals surface area contributed by atoms with Crippen LogP contribution in [0.2, 0.25) is 0 Å². The minimum absolute atomic E-state index is 0.0820. The molecular weight excluding hydrogens is 276 g/mol. The first-order valence-electron chi connectivity index (χ1n) is 7.31. The zero-order chi connectivity index (χ0) is 16.3. The van der Waals surface area contributed by atoms with Crippen molar-refractivity contribution in [1.82, 2.24) is 15.2 Å². The van der Waals surface area contributed by atoms with E-state index in [1.165, 1.54) is 11.1 Å². The lowest BCUT2D eigenvalue weighted by Gasteiger charge is -2.11. The quantitative estimate of drug-likeness (QED) is 0.600. The molecule has 0 radical (unpaired) electrons. The third kappa shape index (κ3) is 4.31. The molecule has 0 aliphatic heterocycles. The van der Waals surface area contributed by atoms with Crippen molar-refractivity contribution in [2.24, 2.45) is 10.7 Å². The van der Waals surface area contributed by atoms with Gasteiger partial charge in [-0.05, 0) is 37.1 Å². The van der Waals surface area contributed by atoms with E-state index in [1.807, 2.05) is 26.0 Å². The summed E-state index contributed by atoms with van der Waals surface area (Å²) in [6.07, 6.45) is 0. The lowest BCUT2D eigenvalue weighted by atomic mass is 9.96. The summed E-state index contributed by atoms with van der Waals surface area (Å²) in [6, 6.07) is 6.17. The zero-order valence-electron chi connectivity index (χ0n) is 13.9. The van der Waals surface area contributed by atoms with Crippen molar-refractivity contribution < 1.29 is 0 Å². The van der Waals surface area contributed by atoms with Crippen molar-refractivity contribution in [2.45, 2.75) is 46.6 Å². The molecule has 6 nitrogen and oxygen atoms in total. The van der Waals surface area contributed by atoms with Crippen LogP contribution in [0.25, 0.3) is 0 Å². The third-order valence-corrected chi connectivity index (χ3v) is 3.10. The van der Waals surface area contributed by atoms with Gasteiger partial charge in [-0.25, -0.2) is 9.98 Å². The van der Waals surface area contributed by atoms with Gasteiger partial charge in [-0.2, -0.15) is 5.10 Å². The van der Waals surface area contributed by atoms with E-state index in [9.17, 15) is 0 Å². The summed E-state index contributed by atoms with van der Waals surface area (Å²) >= 11 is 0. The normalized spacial score (nSPS) is 12.5. The fourth-order valence-electron chi connectivity index (χ4n) is 2.10. The molecule has 1 aromatic heterocycles. The molecule has 0 atom stereocenters. The monoisotopic (exact) mass is 300 g/mol. The number of aliphatic imine (C=N–C) groups is 1. The van der Waals surface area contributed by atoms with Gasteiger partial charge in [0.25, 0.3) is 0 Å². The Morgan fingerprint density at radius 2 is 1.86 bits per heavy atom.